The van der Waals surface area contributed by atoms with Gasteiger partial charge in [-0.2, -0.15) is 0 Å². The van der Waals surface area contributed by atoms with Crippen molar-refractivity contribution < 1.29 is 22.7 Å². The SMILES string of the molecule is CCOC(=O)c1ccc(NC(=O)CNS(=O)(=O)c2ccccc2Cl)cc1. The summed E-state index contributed by atoms with van der Waals surface area (Å²) in [6.07, 6.45) is 0. The molecule has 2 rings (SSSR count). The number of hydrogen-bond acceptors (Lipinski definition) is 5. The number of halogens is 1. The fourth-order valence-electron chi connectivity index (χ4n) is 2.01. The Hall–Kier alpha value is -2.42. The standard InChI is InChI=1S/C17H17ClN2O5S/c1-2-25-17(22)12-7-9-13(10-8-12)20-16(21)11-19-26(23,24)15-6-4-3-5-14(15)18/h3-10,19H,2,11H2,1H3,(H,20,21). The Balaban J connectivity index is 1.95. The summed E-state index contributed by atoms with van der Waals surface area (Å²) < 4.78 is 31.4. The molecule has 0 atom stereocenters. The van der Waals surface area contributed by atoms with E-state index in [0.717, 1.165) is 0 Å². The summed E-state index contributed by atoms with van der Waals surface area (Å²) in [7, 11) is -3.91. The second-order valence-electron chi connectivity index (χ2n) is 5.10. The lowest BCUT2D eigenvalue weighted by Crippen LogP contribution is -2.33. The van der Waals surface area contributed by atoms with Gasteiger partial charge in [-0.15, -0.1) is 0 Å². The van der Waals surface area contributed by atoms with Gasteiger partial charge in [-0.3, -0.25) is 4.79 Å². The van der Waals surface area contributed by atoms with Gasteiger partial charge in [0.1, 0.15) is 4.90 Å². The van der Waals surface area contributed by atoms with E-state index in [1.807, 2.05) is 0 Å². The monoisotopic (exact) mass is 396 g/mol. The Morgan fingerprint density at radius 3 is 2.35 bits per heavy atom. The minimum atomic E-state index is -3.91. The first-order chi connectivity index (χ1) is 12.3. The van der Waals surface area contributed by atoms with Crippen LogP contribution in [0.5, 0.6) is 0 Å². The Morgan fingerprint density at radius 2 is 1.73 bits per heavy atom. The van der Waals surface area contributed by atoms with Gasteiger partial charge in [0.05, 0.1) is 23.7 Å². The summed E-state index contributed by atoms with van der Waals surface area (Å²) in [5.74, 6) is -1.03. The average molecular weight is 397 g/mol. The van der Waals surface area contributed by atoms with Crippen molar-refractivity contribution in [2.24, 2.45) is 0 Å². The average Bonchev–Trinajstić information content (AvgIpc) is 2.61. The number of benzene rings is 2. The lowest BCUT2D eigenvalue weighted by Gasteiger charge is -2.09. The Bertz CT molecular complexity index is 898. The van der Waals surface area contributed by atoms with Crippen LogP contribution in [0.25, 0.3) is 0 Å². The highest BCUT2D eigenvalue weighted by molar-refractivity contribution is 7.89. The molecule has 138 valence electrons. The zero-order valence-corrected chi connectivity index (χ0v) is 15.4. The van der Waals surface area contributed by atoms with Crippen LogP contribution in [0.3, 0.4) is 0 Å². The second kappa shape index (κ2) is 8.79. The predicted molar refractivity (Wildman–Crippen MR) is 97.7 cm³/mol. The molecule has 0 spiro atoms. The molecular formula is C17H17ClN2O5S. The number of carbonyl (C=O) groups excluding carboxylic acids is 2. The summed E-state index contributed by atoms with van der Waals surface area (Å²) in [6, 6.07) is 12.0. The van der Waals surface area contributed by atoms with E-state index < -0.39 is 28.4 Å². The van der Waals surface area contributed by atoms with Crippen molar-refractivity contribution in [2.45, 2.75) is 11.8 Å². The zero-order chi connectivity index (χ0) is 19.2. The Labute approximate surface area is 156 Å². The van der Waals surface area contributed by atoms with Crippen LogP contribution in [0.4, 0.5) is 5.69 Å². The first-order valence-corrected chi connectivity index (χ1v) is 9.51. The lowest BCUT2D eigenvalue weighted by atomic mass is 10.2. The Morgan fingerprint density at radius 1 is 1.08 bits per heavy atom. The van der Waals surface area contributed by atoms with Crippen LogP contribution in [0.1, 0.15) is 17.3 Å². The number of rotatable bonds is 7. The normalized spacial score (nSPS) is 11.0. The van der Waals surface area contributed by atoms with Crippen LogP contribution in [0, 0.1) is 0 Å². The molecule has 0 heterocycles. The number of anilines is 1. The van der Waals surface area contributed by atoms with Gasteiger partial charge in [0.25, 0.3) is 0 Å². The first-order valence-electron chi connectivity index (χ1n) is 7.64. The van der Waals surface area contributed by atoms with E-state index in [4.69, 9.17) is 16.3 Å². The van der Waals surface area contributed by atoms with Crippen LogP contribution >= 0.6 is 11.6 Å². The number of ether oxygens (including phenoxy) is 1. The molecule has 0 unspecified atom stereocenters. The van der Waals surface area contributed by atoms with Gasteiger partial charge in [-0.1, -0.05) is 23.7 Å². The van der Waals surface area contributed by atoms with Crippen molar-refractivity contribution in [2.75, 3.05) is 18.5 Å². The van der Waals surface area contributed by atoms with Gasteiger partial charge < -0.3 is 10.1 Å². The third-order valence-corrected chi connectivity index (χ3v) is 5.13. The van der Waals surface area contributed by atoms with Crippen molar-refractivity contribution >= 4 is 39.2 Å². The van der Waals surface area contributed by atoms with Crippen LogP contribution < -0.4 is 10.0 Å². The van der Waals surface area contributed by atoms with Crippen molar-refractivity contribution in [3.05, 3.63) is 59.1 Å². The molecule has 9 heteroatoms. The van der Waals surface area contributed by atoms with Crippen molar-refractivity contribution in [1.82, 2.24) is 4.72 Å². The molecule has 0 aromatic heterocycles. The maximum absolute atomic E-state index is 12.2. The zero-order valence-electron chi connectivity index (χ0n) is 13.9. The minimum absolute atomic E-state index is 0.0648. The van der Waals surface area contributed by atoms with Gasteiger partial charge >= 0.3 is 5.97 Å². The summed E-state index contributed by atoms with van der Waals surface area (Å²) in [6.45, 7) is 1.51. The molecule has 0 saturated heterocycles. The topological polar surface area (TPSA) is 102 Å². The molecule has 0 fully saturated rings. The quantitative estimate of drug-likeness (QED) is 0.700. The number of hydrogen-bond donors (Lipinski definition) is 2. The molecule has 0 aliphatic rings. The van der Waals surface area contributed by atoms with E-state index in [-0.39, 0.29) is 16.5 Å². The summed E-state index contributed by atoms with van der Waals surface area (Å²) in [4.78, 5) is 23.4. The molecule has 0 saturated carbocycles. The molecule has 0 aliphatic heterocycles. The molecule has 0 aliphatic carbocycles. The van der Waals surface area contributed by atoms with Crippen LogP contribution in [0.2, 0.25) is 5.02 Å². The highest BCUT2D eigenvalue weighted by Gasteiger charge is 2.18. The molecular weight excluding hydrogens is 380 g/mol. The number of nitrogens with one attached hydrogen (secondary N) is 2. The second-order valence-corrected chi connectivity index (χ2v) is 7.24. The molecule has 7 nitrogen and oxygen atoms in total. The van der Waals surface area contributed by atoms with Gasteiger partial charge in [0, 0.05) is 5.69 Å². The van der Waals surface area contributed by atoms with Crippen LogP contribution in [0.15, 0.2) is 53.4 Å². The molecule has 0 bridgehead atoms. The van der Waals surface area contributed by atoms with Crippen LogP contribution in [-0.2, 0) is 19.6 Å². The van der Waals surface area contributed by atoms with Crippen molar-refractivity contribution in [3.63, 3.8) is 0 Å². The molecule has 0 radical (unpaired) electrons. The largest absolute Gasteiger partial charge is 0.462 e. The Kier molecular flexibility index (Phi) is 6.73. The van der Waals surface area contributed by atoms with E-state index in [0.29, 0.717) is 11.3 Å². The first kappa shape index (κ1) is 19.9. The molecule has 2 aromatic carbocycles. The van der Waals surface area contributed by atoms with E-state index in [9.17, 15) is 18.0 Å². The third-order valence-electron chi connectivity index (χ3n) is 3.23. The van der Waals surface area contributed by atoms with Crippen molar-refractivity contribution in [3.8, 4) is 0 Å². The number of sulfonamides is 1. The summed E-state index contributed by atoms with van der Waals surface area (Å²) in [5.41, 5.74) is 0.768. The van der Waals surface area contributed by atoms with Gasteiger partial charge in [0.15, 0.2) is 0 Å². The van der Waals surface area contributed by atoms with Gasteiger partial charge in [-0.25, -0.2) is 17.9 Å². The smallest absolute Gasteiger partial charge is 0.338 e. The number of carbonyl (C=O) groups is 2. The van der Waals surface area contributed by atoms with E-state index in [1.165, 1.54) is 42.5 Å². The van der Waals surface area contributed by atoms with E-state index in [1.54, 1.807) is 13.0 Å². The highest BCUT2D eigenvalue weighted by Crippen LogP contribution is 2.20. The third kappa shape index (κ3) is 5.29. The molecule has 1 amide bonds. The highest BCUT2D eigenvalue weighted by atomic mass is 35.5. The van der Waals surface area contributed by atoms with Crippen LogP contribution in [-0.4, -0.2) is 33.4 Å². The maximum Gasteiger partial charge on any atom is 0.338 e. The van der Waals surface area contributed by atoms with E-state index >= 15 is 0 Å². The molecule has 2 aromatic rings. The number of esters is 1. The molecule has 26 heavy (non-hydrogen) atoms. The number of amides is 1. The van der Waals surface area contributed by atoms with Gasteiger partial charge in [-0.05, 0) is 43.3 Å². The fourth-order valence-corrected chi connectivity index (χ4v) is 3.51. The fraction of sp³-hybridized carbons (Fsp3) is 0.176. The molecule has 2 N–H and O–H groups in total. The summed E-state index contributed by atoms with van der Waals surface area (Å²) in [5, 5.41) is 2.59. The van der Waals surface area contributed by atoms with Gasteiger partial charge in [0.2, 0.25) is 15.9 Å². The van der Waals surface area contributed by atoms with E-state index in [2.05, 4.69) is 10.0 Å². The predicted octanol–water partition coefficient (Wildman–Crippen LogP) is 2.43. The maximum atomic E-state index is 12.2. The minimum Gasteiger partial charge on any atom is -0.462 e. The van der Waals surface area contributed by atoms with Crippen molar-refractivity contribution in [1.29, 1.82) is 0 Å². The summed E-state index contributed by atoms with van der Waals surface area (Å²) >= 11 is 5.86. The lowest BCUT2D eigenvalue weighted by molar-refractivity contribution is -0.115.